The Morgan fingerprint density at radius 3 is 2.67 bits per heavy atom. The molecule has 0 bridgehead atoms. The van der Waals surface area contributed by atoms with Crippen LogP contribution in [0, 0.1) is 17.2 Å². The number of nitriles is 1. The van der Waals surface area contributed by atoms with Gasteiger partial charge in [0.2, 0.25) is 5.91 Å². The Labute approximate surface area is 143 Å². The summed E-state index contributed by atoms with van der Waals surface area (Å²) in [6, 6.07) is 7.99. The third kappa shape index (κ3) is 4.39. The predicted octanol–water partition coefficient (Wildman–Crippen LogP) is 1.94. The molecule has 1 N–H and O–H groups in total. The maximum absolute atomic E-state index is 12.2. The van der Waals surface area contributed by atoms with E-state index in [-0.39, 0.29) is 18.4 Å². The van der Waals surface area contributed by atoms with Gasteiger partial charge < -0.3 is 14.8 Å². The molecular weight excluding hydrogens is 306 g/mol. The molecule has 0 aromatic heterocycles. The van der Waals surface area contributed by atoms with Crippen molar-refractivity contribution in [2.75, 3.05) is 26.8 Å². The molecule has 0 saturated carbocycles. The van der Waals surface area contributed by atoms with Gasteiger partial charge in [-0.25, -0.2) is 0 Å². The van der Waals surface area contributed by atoms with Crippen LogP contribution in [0.25, 0.3) is 0 Å². The minimum atomic E-state index is -0.852. The van der Waals surface area contributed by atoms with Crippen molar-refractivity contribution in [2.24, 2.45) is 5.92 Å². The molecular formula is C18H25N3O3. The molecule has 0 spiro atoms. The average Bonchev–Trinajstić information content (AvgIpc) is 2.54. The zero-order valence-corrected chi connectivity index (χ0v) is 14.8. The smallest absolute Gasteiger partial charge is 0.235 e. The van der Waals surface area contributed by atoms with Gasteiger partial charge in [0.15, 0.2) is 11.5 Å². The van der Waals surface area contributed by atoms with Gasteiger partial charge >= 0.3 is 0 Å². The van der Waals surface area contributed by atoms with Crippen LogP contribution in [-0.2, 0) is 11.3 Å². The molecule has 0 fully saturated rings. The lowest BCUT2D eigenvalue weighted by molar-refractivity contribution is -0.123. The van der Waals surface area contributed by atoms with Gasteiger partial charge in [-0.2, -0.15) is 5.26 Å². The van der Waals surface area contributed by atoms with Crippen molar-refractivity contribution in [3.63, 3.8) is 0 Å². The largest absolute Gasteiger partial charge is 0.486 e. The first-order valence-electron chi connectivity index (χ1n) is 8.13. The highest BCUT2D eigenvalue weighted by molar-refractivity contribution is 5.79. The van der Waals surface area contributed by atoms with Gasteiger partial charge in [-0.15, -0.1) is 0 Å². The normalized spacial score (nSPS) is 15.7. The monoisotopic (exact) mass is 331 g/mol. The van der Waals surface area contributed by atoms with E-state index < -0.39 is 5.54 Å². The standard InChI is InChI=1S/C18H25N3O3/c1-13(2)18(3,12-19)20-17(22)11-21(4)10-14-5-6-15-16(9-14)24-8-7-23-15/h5-6,9,13H,7-8,10-11H2,1-4H3,(H,20,22). The molecule has 0 radical (unpaired) electrons. The van der Waals surface area contributed by atoms with Crippen LogP contribution in [0.3, 0.4) is 0 Å². The molecule has 1 aliphatic rings. The van der Waals surface area contributed by atoms with Crippen molar-refractivity contribution in [2.45, 2.75) is 32.9 Å². The van der Waals surface area contributed by atoms with Crippen LogP contribution >= 0.6 is 0 Å². The lowest BCUT2D eigenvalue weighted by atomic mass is 9.90. The number of amides is 1. The van der Waals surface area contributed by atoms with Gasteiger partial charge in [0.1, 0.15) is 18.8 Å². The minimum absolute atomic E-state index is 0.0366. The van der Waals surface area contributed by atoms with E-state index in [4.69, 9.17) is 9.47 Å². The van der Waals surface area contributed by atoms with Crippen LogP contribution in [0.1, 0.15) is 26.3 Å². The van der Waals surface area contributed by atoms with Crippen LogP contribution < -0.4 is 14.8 Å². The molecule has 24 heavy (non-hydrogen) atoms. The number of hydrogen-bond acceptors (Lipinski definition) is 5. The number of carbonyl (C=O) groups excluding carboxylic acids is 1. The Morgan fingerprint density at radius 2 is 2.04 bits per heavy atom. The number of nitrogens with zero attached hydrogens (tertiary/aromatic N) is 2. The second-order valence-corrected chi connectivity index (χ2v) is 6.67. The zero-order valence-electron chi connectivity index (χ0n) is 14.8. The van der Waals surface area contributed by atoms with Gasteiger partial charge in [-0.1, -0.05) is 19.9 Å². The van der Waals surface area contributed by atoms with E-state index in [2.05, 4.69) is 11.4 Å². The van der Waals surface area contributed by atoms with E-state index >= 15 is 0 Å². The molecule has 1 aromatic carbocycles. The zero-order chi connectivity index (χ0) is 17.7. The van der Waals surface area contributed by atoms with E-state index in [9.17, 15) is 10.1 Å². The van der Waals surface area contributed by atoms with Crippen molar-refractivity contribution < 1.29 is 14.3 Å². The summed E-state index contributed by atoms with van der Waals surface area (Å²) in [6.45, 7) is 7.53. The van der Waals surface area contributed by atoms with Crippen molar-refractivity contribution in [1.29, 1.82) is 5.26 Å². The third-order valence-corrected chi connectivity index (χ3v) is 4.26. The Morgan fingerprint density at radius 1 is 1.38 bits per heavy atom. The lowest BCUT2D eigenvalue weighted by Crippen LogP contribution is -2.51. The van der Waals surface area contributed by atoms with E-state index in [0.717, 1.165) is 17.1 Å². The van der Waals surface area contributed by atoms with Crippen molar-refractivity contribution in [3.05, 3.63) is 23.8 Å². The summed E-state index contributed by atoms with van der Waals surface area (Å²) in [5.41, 5.74) is 0.191. The molecule has 1 heterocycles. The highest BCUT2D eigenvalue weighted by Gasteiger charge is 2.30. The summed E-state index contributed by atoms with van der Waals surface area (Å²) < 4.78 is 11.1. The van der Waals surface area contributed by atoms with Gasteiger partial charge in [0.25, 0.3) is 0 Å². The maximum atomic E-state index is 12.2. The summed E-state index contributed by atoms with van der Waals surface area (Å²) >= 11 is 0. The molecule has 6 heteroatoms. The molecule has 1 atom stereocenters. The molecule has 1 unspecified atom stereocenters. The van der Waals surface area contributed by atoms with Gasteiger partial charge in [-0.3, -0.25) is 9.69 Å². The van der Waals surface area contributed by atoms with E-state index in [1.54, 1.807) is 6.92 Å². The van der Waals surface area contributed by atoms with Gasteiger partial charge in [0, 0.05) is 6.54 Å². The van der Waals surface area contributed by atoms with Crippen LogP contribution in [-0.4, -0.2) is 43.2 Å². The molecule has 1 amide bonds. The second kappa shape index (κ2) is 7.54. The quantitative estimate of drug-likeness (QED) is 0.862. The molecule has 2 rings (SSSR count). The first-order valence-corrected chi connectivity index (χ1v) is 8.13. The highest BCUT2D eigenvalue weighted by Crippen LogP contribution is 2.31. The predicted molar refractivity (Wildman–Crippen MR) is 90.8 cm³/mol. The van der Waals surface area contributed by atoms with Crippen molar-refractivity contribution >= 4 is 5.91 Å². The fourth-order valence-electron chi connectivity index (χ4n) is 2.43. The highest BCUT2D eigenvalue weighted by atomic mass is 16.6. The summed E-state index contributed by atoms with van der Waals surface area (Å²) in [4.78, 5) is 14.1. The fourth-order valence-corrected chi connectivity index (χ4v) is 2.43. The van der Waals surface area contributed by atoms with Crippen LogP contribution in [0.4, 0.5) is 0 Å². The Hall–Kier alpha value is -2.26. The first-order chi connectivity index (χ1) is 11.3. The van der Waals surface area contributed by atoms with E-state index in [1.807, 2.05) is 44.0 Å². The van der Waals surface area contributed by atoms with Gasteiger partial charge in [-0.05, 0) is 37.6 Å². The number of benzene rings is 1. The summed E-state index contributed by atoms with van der Waals surface area (Å²) in [5.74, 6) is 1.38. The van der Waals surface area contributed by atoms with E-state index in [0.29, 0.717) is 19.8 Å². The van der Waals surface area contributed by atoms with Crippen molar-refractivity contribution in [3.8, 4) is 17.6 Å². The second-order valence-electron chi connectivity index (χ2n) is 6.67. The first kappa shape index (κ1) is 18.1. The number of ether oxygens (including phenoxy) is 2. The summed E-state index contributed by atoms with van der Waals surface area (Å²) in [6.07, 6.45) is 0. The number of hydrogen-bond donors (Lipinski definition) is 1. The number of fused-ring (bicyclic) bond motifs is 1. The summed E-state index contributed by atoms with van der Waals surface area (Å²) in [7, 11) is 1.87. The van der Waals surface area contributed by atoms with Crippen molar-refractivity contribution in [1.82, 2.24) is 10.2 Å². The van der Waals surface area contributed by atoms with Gasteiger partial charge in [0.05, 0.1) is 12.6 Å². The molecule has 0 aliphatic carbocycles. The summed E-state index contributed by atoms with van der Waals surface area (Å²) in [5, 5.41) is 12.1. The maximum Gasteiger partial charge on any atom is 0.235 e. The molecule has 0 saturated heterocycles. The number of carbonyl (C=O) groups is 1. The minimum Gasteiger partial charge on any atom is -0.486 e. The number of nitrogens with one attached hydrogen (secondary N) is 1. The number of likely N-dealkylation sites (N-methyl/N-ethyl adjacent to an activating group) is 1. The fraction of sp³-hybridized carbons (Fsp3) is 0.556. The van der Waals surface area contributed by atoms with Crippen LogP contribution in [0.15, 0.2) is 18.2 Å². The third-order valence-electron chi connectivity index (χ3n) is 4.26. The average molecular weight is 331 g/mol. The Bertz CT molecular complexity index is 639. The molecule has 1 aliphatic heterocycles. The van der Waals surface area contributed by atoms with Crippen LogP contribution in [0.2, 0.25) is 0 Å². The lowest BCUT2D eigenvalue weighted by Gasteiger charge is -2.28. The molecule has 1 aromatic rings. The van der Waals surface area contributed by atoms with E-state index in [1.165, 1.54) is 0 Å². The molecule has 130 valence electrons. The SMILES string of the molecule is CC(C)C(C)(C#N)NC(=O)CN(C)Cc1ccc2c(c1)OCCO2. The molecule has 6 nitrogen and oxygen atoms in total. The Kier molecular flexibility index (Phi) is 5.68. The topological polar surface area (TPSA) is 74.6 Å². The Balaban J connectivity index is 1.92. The number of rotatable bonds is 6. The van der Waals surface area contributed by atoms with Crippen LogP contribution in [0.5, 0.6) is 11.5 Å².